The van der Waals surface area contributed by atoms with Crippen LogP contribution in [0.4, 0.5) is 4.39 Å². The molecule has 0 amide bonds. The second-order valence-electron chi connectivity index (χ2n) is 5.18. The van der Waals surface area contributed by atoms with Crippen molar-refractivity contribution in [3.63, 3.8) is 0 Å². The molecule has 1 saturated carbocycles. The Balaban J connectivity index is 2.02. The predicted octanol–water partition coefficient (Wildman–Crippen LogP) is 5.81. The first kappa shape index (κ1) is 15.3. The van der Waals surface area contributed by atoms with Crippen LogP contribution in [0.1, 0.15) is 18.4 Å². The average molecular weight is 389 g/mol. The summed E-state index contributed by atoms with van der Waals surface area (Å²) in [7, 11) is 0. The highest BCUT2D eigenvalue weighted by Gasteiger charge is 2.21. The Labute approximate surface area is 141 Å². The third-order valence-electron chi connectivity index (χ3n) is 3.55. The van der Waals surface area contributed by atoms with E-state index in [4.69, 9.17) is 23.2 Å². The van der Waals surface area contributed by atoms with Crippen LogP contribution in [0.3, 0.4) is 0 Å². The number of hydrogen-bond donors (Lipinski definition) is 1. The van der Waals surface area contributed by atoms with Gasteiger partial charge in [-0.05, 0) is 58.1 Å². The molecular weight excluding hydrogens is 376 g/mol. The first-order chi connectivity index (χ1) is 10.1. The zero-order valence-electron chi connectivity index (χ0n) is 11.1. The Hall–Kier alpha value is -0.610. The summed E-state index contributed by atoms with van der Waals surface area (Å²) in [5.41, 5.74) is 2.29. The topological polar surface area (TPSA) is 12.0 Å². The number of hydrogen-bond acceptors (Lipinski definition) is 1. The van der Waals surface area contributed by atoms with Crippen molar-refractivity contribution in [1.29, 1.82) is 0 Å². The minimum absolute atomic E-state index is 0.101. The maximum atomic E-state index is 14.4. The summed E-state index contributed by atoms with van der Waals surface area (Å²) in [5.74, 6) is -0.416. The van der Waals surface area contributed by atoms with Crippen molar-refractivity contribution in [3.8, 4) is 11.1 Å². The molecule has 110 valence electrons. The fourth-order valence-corrected chi connectivity index (χ4v) is 2.91. The Morgan fingerprint density at radius 3 is 2.57 bits per heavy atom. The van der Waals surface area contributed by atoms with Crippen LogP contribution in [0.5, 0.6) is 0 Å². The molecule has 3 rings (SSSR count). The van der Waals surface area contributed by atoms with Gasteiger partial charge < -0.3 is 5.32 Å². The highest BCUT2D eigenvalue weighted by atomic mass is 79.9. The highest BCUT2D eigenvalue weighted by Crippen LogP contribution is 2.35. The maximum Gasteiger partial charge on any atom is 0.150 e. The number of halogens is 4. The van der Waals surface area contributed by atoms with Gasteiger partial charge in [0.1, 0.15) is 0 Å². The molecule has 0 radical (unpaired) electrons. The van der Waals surface area contributed by atoms with Crippen molar-refractivity contribution in [2.75, 3.05) is 0 Å². The van der Waals surface area contributed by atoms with E-state index < -0.39 is 5.82 Å². The summed E-state index contributed by atoms with van der Waals surface area (Å²) in [6.45, 7) is 0.674. The van der Waals surface area contributed by atoms with E-state index in [-0.39, 0.29) is 5.02 Å². The molecule has 0 saturated heterocycles. The minimum Gasteiger partial charge on any atom is -0.310 e. The van der Waals surface area contributed by atoms with Crippen LogP contribution < -0.4 is 5.32 Å². The molecule has 0 aromatic heterocycles. The van der Waals surface area contributed by atoms with Crippen LogP contribution in [0, 0.1) is 5.82 Å². The van der Waals surface area contributed by atoms with Gasteiger partial charge >= 0.3 is 0 Å². The van der Waals surface area contributed by atoms with Gasteiger partial charge in [-0.1, -0.05) is 35.3 Å². The monoisotopic (exact) mass is 387 g/mol. The van der Waals surface area contributed by atoms with Gasteiger partial charge in [0.25, 0.3) is 0 Å². The molecule has 1 fully saturated rings. The van der Waals surface area contributed by atoms with Crippen LogP contribution in [-0.4, -0.2) is 6.04 Å². The lowest BCUT2D eigenvalue weighted by atomic mass is 9.99. The van der Waals surface area contributed by atoms with Gasteiger partial charge in [-0.15, -0.1) is 0 Å². The van der Waals surface area contributed by atoms with Crippen LogP contribution in [0.15, 0.2) is 34.8 Å². The molecule has 2 aromatic rings. The third-order valence-corrected chi connectivity index (χ3v) is 5.04. The molecule has 1 N–H and O–H groups in total. The fourth-order valence-electron chi connectivity index (χ4n) is 2.25. The van der Waals surface area contributed by atoms with Gasteiger partial charge in [0.05, 0.1) is 5.02 Å². The van der Waals surface area contributed by atoms with Gasteiger partial charge in [0.2, 0.25) is 0 Å². The number of rotatable bonds is 4. The summed E-state index contributed by atoms with van der Waals surface area (Å²) in [6, 6.07) is 9.56. The lowest BCUT2D eigenvalue weighted by Gasteiger charge is -2.13. The Kier molecular flexibility index (Phi) is 4.55. The van der Waals surface area contributed by atoms with E-state index in [9.17, 15) is 4.39 Å². The SMILES string of the molecule is Fc1c(-c2ccc(Cl)cc2CNC2CC2)ccc(Br)c1Cl. The van der Waals surface area contributed by atoms with Crippen LogP contribution in [0.25, 0.3) is 11.1 Å². The third kappa shape index (κ3) is 3.42. The smallest absolute Gasteiger partial charge is 0.150 e. The van der Waals surface area contributed by atoms with Gasteiger partial charge in [-0.2, -0.15) is 0 Å². The van der Waals surface area contributed by atoms with Gasteiger partial charge in [0.15, 0.2) is 5.82 Å². The van der Waals surface area contributed by atoms with Gasteiger partial charge in [0, 0.05) is 27.6 Å². The van der Waals surface area contributed by atoms with E-state index in [1.54, 1.807) is 18.2 Å². The van der Waals surface area contributed by atoms with Crippen molar-refractivity contribution < 1.29 is 4.39 Å². The molecule has 0 atom stereocenters. The van der Waals surface area contributed by atoms with Crippen LogP contribution in [0.2, 0.25) is 10.0 Å². The lowest BCUT2D eigenvalue weighted by Crippen LogP contribution is -2.16. The Morgan fingerprint density at radius 1 is 1.14 bits per heavy atom. The summed E-state index contributed by atoms with van der Waals surface area (Å²) >= 11 is 15.3. The summed E-state index contributed by atoms with van der Waals surface area (Å²) < 4.78 is 15.0. The van der Waals surface area contributed by atoms with Crippen molar-refractivity contribution in [3.05, 3.63) is 56.2 Å². The summed E-state index contributed by atoms with van der Waals surface area (Å²) in [4.78, 5) is 0. The largest absolute Gasteiger partial charge is 0.310 e. The van der Waals surface area contributed by atoms with E-state index in [0.29, 0.717) is 27.6 Å². The van der Waals surface area contributed by atoms with E-state index in [1.807, 2.05) is 12.1 Å². The molecular formula is C16H13BrCl2FN. The van der Waals surface area contributed by atoms with Crippen molar-refractivity contribution in [2.24, 2.45) is 0 Å². The molecule has 1 aliphatic rings. The number of nitrogens with one attached hydrogen (secondary N) is 1. The van der Waals surface area contributed by atoms with E-state index in [1.165, 1.54) is 12.8 Å². The molecule has 1 nitrogen and oxygen atoms in total. The molecule has 21 heavy (non-hydrogen) atoms. The van der Waals surface area contributed by atoms with Crippen molar-refractivity contribution in [2.45, 2.75) is 25.4 Å². The van der Waals surface area contributed by atoms with E-state index in [2.05, 4.69) is 21.2 Å². The molecule has 1 aliphatic carbocycles. The van der Waals surface area contributed by atoms with E-state index >= 15 is 0 Å². The fraction of sp³-hybridized carbons (Fsp3) is 0.250. The van der Waals surface area contributed by atoms with Crippen LogP contribution >= 0.6 is 39.1 Å². The van der Waals surface area contributed by atoms with Crippen LogP contribution in [-0.2, 0) is 6.54 Å². The molecule has 0 heterocycles. The molecule has 2 aromatic carbocycles. The molecule has 0 spiro atoms. The molecule has 5 heteroatoms. The Bertz CT molecular complexity index is 686. The second kappa shape index (κ2) is 6.25. The van der Waals surface area contributed by atoms with Gasteiger partial charge in [-0.3, -0.25) is 0 Å². The molecule has 0 aliphatic heterocycles. The number of benzene rings is 2. The summed E-state index contributed by atoms with van der Waals surface area (Å²) in [6.07, 6.45) is 2.41. The van der Waals surface area contributed by atoms with E-state index in [0.717, 1.165) is 11.1 Å². The van der Waals surface area contributed by atoms with Crippen molar-refractivity contribution in [1.82, 2.24) is 5.32 Å². The minimum atomic E-state index is -0.416. The lowest BCUT2D eigenvalue weighted by molar-refractivity contribution is 0.630. The molecule has 0 unspecified atom stereocenters. The molecule has 0 bridgehead atoms. The quantitative estimate of drug-likeness (QED) is 0.651. The summed E-state index contributed by atoms with van der Waals surface area (Å²) in [5, 5.41) is 4.18. The Morgan fingerprint density at radius 2 is 1.86 bits per heavy atom. The first-order valence-corrected chi connectivity index (χ1v) is 8.27. The predicted molar refractivity (Wildman–Crippen MR) is 89.4 cm³/mol. The zero-order chi connectivity index (χ0) is 15.0. The standard InChI is InChI=1S/C16H13BrCl2FN/c17-14-6-5-13(16(20)15(14)19)12-4-1-10(18)7-9(12)8-21-11-2-3-11/h1,4-7,11,21H,2-3,8H2. The maximum absolute atomic E-state index is 14.4. The van der Waals surface area contributed by atoms with Gasteiger partial charge in [-0.25, -0.2) is 4.39 Å². The normalized spacial score (nSPS) is 14.5. The van der Waals surface area contributed by atoms with Crippen molar-refractivity contribution >= 4 is 39.1 Å². The first-order valence-electron chi connectivity index (χ1n) is 6.72. The highest BCUT2D eigenvalue weighted by molar-refractivity contribution is 9.10. The average Bonchev–Trinajstić information content (AvgIpc) is 3.28. The second-order valence-corrected chi connectivity index (χ2v) is 6.85. The zero-order valence-corrected chi connectivity index (χ0v) is 14.2.